The van der Waals surface area contributed by atoms with E-state index in [1.165, 1.54) is 18.2 Å². The summed E-state index contributed by atoms with van der Waals surface area (Å²) < 4.78 is 52.3. The van der Waals surface area contributed by atoms with E-state index in [4.69, 9.17) is 9.15 Å². The van der Waals surface area contributed by atoms with Crippen LogP contribution in [0.2, 0.25) is 0 Å². The Balaban J connectivity index is 1.35. The van der Waals surface area contributed by atoms with Gasteiger partial charge in [-0.3, -0.25) is 9.78 Å². The third-order valence-corrected chi connectivity index (χ3v) is 7.06. The largest absolute Gasteiger partial charge is 0.493 e. The Bertz CT molecular complexity index is 1380. The van der Waals surface area contributed by atoms with Crippen LogP contribution < -0.4 is 20.8 Å². The van der Waals surface area contributed by atoms with Crippen molar-refractivity contribution in [3.05, 3.63) is 74.2 Å². The zero-order chi connectivity index (χ0) is 23.6. The highest BCUT2D eigenvalue weighted by Crippen LogP contribution is 2.30. The van der Waals surface area contributed by atoms with Crippen molar-refractivity contribution in [2.75, 3.05) is 12.4 Å². The molecule has 2 aromatic carbocycles. The molecule has 1 heterocycles. The van der Waals surface area contributed by atoms with Gasteiger partial charge in [-0.25, -0.2) is 22.3 Å². The molecule has 10 heteroatoms. The van der Waals surface area contributed by atoms with E-state index in [0.717, 1.165) is 18.4 Å². The van der Waals surface area contributed by atoms with E-state index in [2.05, 4.69) is 9.71 Å². The number of hydrogen-bond donors (Lipinski definition) is 2. The van der Waals surface area contributed by atoms with Crippen molar-refractivity contribution in [3.63, 3.8) is 0 Å². The first kappa shape index (κ1) is 23.2. The summed E-state index contributed by atoms with van der Waals surface area (Å²) in [6.45, 7) is 2.19. The molecule has 1 saturated carbocycles. The Labute approximate surface area is 189 Å². The van der Waals surface area contributed by atoms with Gasteiger partial charge in [0, 0.05) is 12.1 Å². The molecule has 2 N–H and O–H groups in total. The smallest absolute Gasteiger partial charge is 0.419 e. The van der Waals surface area contributed by atoms with Crippen molar-refractivity contribution in [1.82, 2.24) is 9.71 Å². The van der Waals surface area contributed by atoms with Crippen LogP contribution in [0.3, 0.4) is 0 Å². The molecule has 1 aliphatic rings. The van der Waals surface area contributed by atoms with Gasteiger partial charge in [-0.05, 0) is 73.9 Å². The van der Waals surface area contributed by atoms with Crippen molar-refractivity contribution in [3.8, 4) is 5.75 Å². The highest BCUT2D eigenvalue weighted by molar-refractivity contribution is 7.89. The molecule has 0 aliphatic heterocycles. The second-order valence-electron chi connectivity index (χ2n) is 8.41. The van der Waals surface area contributed by atoms with Gasteiger partial charge in [0.2, 0.25) is 10.0 Å². The standard InChI is InChI=1S/C23H25FN2O6S/c1-14(17-10-18(24)12-19(11-17)31-13-16-4-5-16)26-33(29,30)8-2-3-15-6-7-20-21(9-15)32-23(28)25-22(20)27/h6-7,9-12,14,16,26H,2-5,8,13H2,1H3,(H,25,27,28)/t14-/m1/s1. The van der Waals surface area contributed by atoms with Gasteiger partial charge in [0.15, 0.2) is 0 Å². The lowest BCUT2D eigenvalue weighted by Gasteiger charge is -2.16. The maximum atomic E-state index is 14.0. The lowest BCUT2D eigenvalue weighted by molar-refractivity contribution is 0.298. The predicted octanol–water partition coefficient (Wildman–Crippen LogP) is 3.02. The van der Waals surface area contributed by atoms with Gasteiger partial charge in [-0.2, -0.15) is 0 Å². The minimum atomic E-state index is -3.64. The minimum absolute atomic E-state index is 0.144. The van der Waals surface area contributed by atoms with Crippen LogP contribution in [0.4, 0.5) is 4.39 Å². The van der Waals surface area contributed by atoms with E-state index in [9.17, 15) is 22.4 Å². The summed E-state index contributed by atoms with van der Waals surface area (Å²) >= 11 is 0. The summed E-state index contributed by atoms with van der Waals surface area (Å²) in [7, 11) is -3.64. The summed E-state index contributed by atoms with van der Waals surface area (Å²) in [5.74, 6) is -0.554. The Morgan fingerprint density at radius 1 is 1.21 bits per heavy atom. The van der Waals surface area contributed by atoms with Crippen LogP contribution in [0.15, 0.2) is 50.4 Å². The quantitative estimate of drug-likeness (QED) is 0.464. The van der Waals surface area contributed by atoms with Crippen LogP contribution in [0.5, 0.6) is 5.75 Å². The Morgan fingerprint density at radius 3 is 2.76 bits per heavy atom. The zero-order valence-electron chi connectivity index (χ0n) is 18.1. The Hall–Kier alpha value is -2.98. The van der Waals surface area contributed by atoms with Crippen molar-refractivity contribution in [1.29, 1.82) is 0 Å². The number of benzene rings is 2. The minimum Gasteiger partial charge on any atom is -0.493 e. The molecule has 0 amide bonds. The van der Waals surface area contributed by atoms with Gasteiger partial charge in [-0.1, -0.05) is 6.07 Å². The number of ether oxygens (including phenoxy) is 1. The van der Waals surface area contributed by atoms with Crippen LogP contribution in [0.25, 0.3) is 11.0 Å². The lowest BCUT2D eigenvalue weighted by Crippen LogP contribution is -2.29. The molecule has 0 radical (unpaired) electrons. The highest BCUT2D eigenvalue weighted by Gasteiger charge is 2.22. The molecule has 0 unspecified atom stereocenters. The molecule has 33 heavy (non-hydrogen) atoms. The van der Waals surface area contributed by atoms with E-state index in [1.807, 2.05) is 0 Å². The average Bonchev–Trinajstić information content (AvgIpc) is 3.55. The molecular weight excluding hydrogens is 451 g/mol. The first-order valence-corrected chi connectivity index (χ1v) is 12.4. The van der Waals surface area contributed by atoms with E-state index in [1.54, 1.807) is 25.1 Å². The fourth-order valence-electron chi connectivity index (χ4n) is 3.56. The first-order valence-electron chi connectivity index (χ1n) is 10.8. The number of rotatable bonds is 10. The van der Waals surface area contributed by atoms with Gasteiger partial charge in [-0.15, -0.1) is 0 Å². The zero-order valence-corrected chi connectivity index (χ0v) is 18.9. The molecule has 176 valence electrons. The number of aryl methyl sites for hydroxylation is 1. The molecule has 0 saturated heterocycles. The number of hydrogen-bond acceptors (Lipinski definition) is 6. The van der Waals surface area contributed by atoms with E-state index in [0.29, 0.717) is 36.7 Å². The average molecular weight is 477 g/mol. The SMILES string of the molecule is C[C@@H](NS(=O)(=O)CCCc1ccc2c(=O)[nH]c(=O)oc2c1)c1cc(F)cc(OCC2CC2)c1. The van der Waals surface area contributed by atoms with Crippen molar-refractivity contribution >= 4 is 21.0 Å². The highest BCUT2D eigenvalue weighted by atomic mass is 32.2. The van der Waals surface area contributed by atoms with Gasteiger partial charge < -0.3 is 9.15 Å². The van der Waals surface area contributed by atoms with Gasteiger partial charge in [0.1, 0.15) is 17.1 Å². The van der Waals surface area contributed by atoms with Crippen LogP contribution in [0, 0.1) is 11.7 Å². The van der Waals surface area contributed by atoms with E-state index >= 15 is 0 Å². The molecule has 0 spiro atoms. The number of aromatic amines is 1. The summed E-state index contributed by atoms with van der Waals surface area (Å²) in [6, 6.07) is 8.41. The second-order valence-corrected chi connectivity index (χ2v) is 10.3. The van der Waals surface area contributed by atoms with Crippen molar-refractivity contribution < 1.29 is 22.0 Å². The van der Waals surface area contributed by atoms with Gasteiger partial charge in [0.25, 0.3) is 5.56 Å². The third-order valence-electron chi connectivity index (χ3n) is 5.52. The third kappa shape index (κ3) is 6.29. The number of sulfonamides is 1. The molecule has 1 aromatic heterocycles. The summed E-state index contributed by atoms with van der Waals surface area (Å²) in [5.41, 5.74) is 0.843. The molecule has 8 nitrogen and oxygen atoms in total. The number of halogens is 1. The molecule has 0 bridgehead atoms. The molecular formula is C23H25FN2O6S. The van der Waals surface area contributed by atoms with Crippen LogP contribution >= 0.6 is 0 Å². The van der Waals surface area contributed by atoms with Crippen molar-refractivity contribution in [2.45, 2.75) is 38.6 Å². The summed E-state index contributed by atoms with van der Waals surface area (Å²) in [5, 5.41) is 0.247. The summed E-state index contributed by atoms with van der Waals surface area (Å²) in [6.07, 6.45) is 2.94. The maximum absolute atomic E-state index is 14.0. The Kier molecular flexibility index (Phi) is 6.66. The fourth-order valence-corrected chi connectivity index (χ4v) is 4.88. The number of fused-ring (bicyclic) bond motifs is 1. The molecule has 1 aliphatic carbocycles. The molecule has 3 aromatic rings. The topological polar surface area (TPSA) is 118 Å². The van der Waals surface area contributed by atoms with Gasteiger partial charge in [0.05, 0.1) is 17.7 Å². The Morgan fingerprint density at radius 2 is 2.00 bits per heavy atom. The fraction of sp³-hybridized carbons (Fsp3) is 0.391. The molecule has 1 atom stereocenters. The van der Waals surface area contributed by atoms with E-state index in [-0.39, 0.29) is 16.7 Å². The first-order chi connectivity index (χ1) is 15.7. The number of H-pyrrole nitrogens is 1. The molecule has 4 rings (SSSR count). The summed E-state index contributed by atoms with van der Waals surface area (Å²) in [4.78, 5) is 25.2. The second kappa shape index (κ2) is 9.48. The predicted molar refractivity (Wildman–Crippen MR) is 121 cm³/mol. The van der Waals surface area contributed by atoms with Crippen molar-refractivity contribution in [2.24, 2.45) is 5.92 Å². The maximum Gasteiger partial charge on any atom is 0.419 e. The van der Waals surface area contributed by atoms with Crippen LogP contribution in [-0.4, -0.2) is 25.8 Å². The number of nitrogens with one attached hydrogen (secondary N) is 2. The normalized spacial score (nSPS) is 15.0. The lowest BCUT2D eigenvalue weighted by atomic mass is 10.1. The van der Waals surface area contributed by atoms with Gasteiger partial charge >= 0.3 is 5.76 Å². The van der Waals surface area contributed by atoms with E-state index < -0.39 is 33.2 Å². The molecule has 1 fully saturated rings. The number of aromatic nitrogens is 1. The van der Waals surface area contributed by atoms with Crippen LogP contribution in [0.1, 0.15) is 43.4 Å². The van der Waals surface area contributed by atoms with Crippen LogP contribution in [-0.2, 0) is 16.4 Å². The monoisotopic (exact) mass is 476 g/mol.